The number of aromatic nitrogens is 2. The van der Waals surface area contributed by atoms with Gasteiger partial charge in [-0.25, -0.2) is 4.39 Å². The average Bonchev–Trinajstić information content (AvgIpc) is 3.13. The summed E-state index contributed by atoms with van der Waals surface area (Å²) in [7, 11) is 0. The molecule has 4 rings (SSSR count). The van der Waals surface area contributed by atoms with Crippen molar-refractivity contribution in [3.63, 3.8) is 0 Å². The van der Waals surface area contributed by atoms with Crippen LogP contribution >= 0.6 is 0 Å². The van der Waals surface area contributed by atoms with Gasteiger partial charge in [0.05, 0.1) is 18.3 Å². The molecule has 3 nitrogen and oxygen atoms in total. The third-order valence-electron chi connectivity index (χ3n) is 5.15. The second kappa shape index (κ2) is 7.72. The minimum atomic E-state index is -0.0737. The third-order valence-corrected chi connectivity index (χ3v) is 5.15. The van der Waals surface area contributed by atoms with Gasteiger partial charge in [0.15, 0.2) is 0 Å². The van der Waals surface area contributed by atoms with E-state index < -0.39 is 0 Å². The molecule has 2 aromatic carbocycles. The van der Waals surface area contributed by atoms with Gasteiger partial charge in [-0.3, -0.25) is 10.00 Å². The first-order chi connectivity index (χ1) is 12.8. The number of rotatable bonds is 3. The second-order valence-corrected chi connectivity index (χ2v) is 6.99. The van der Waals surface area contributed by atoms with Crippen LogP contribution in [0.25, 0.3) is 10.9 Å². The molecule has 3 aromatic rings. The van der Waals surface area contributed by atoms with Crippen LogP contribution < -0.4 is 0 Å². The molecule has 0 bridgehead atoms. The largest absolute Gasteiger partial charge is 0.292 e. The Morgan fingerprint density at radius 3 is 2.85 bits per heavy atom. The van der Waals surface area contributed by atoms with Crippen molar-refractivity contribution in [1.82, 2.24) is 15.1 Å². The molecule has 2 heterocycles. The lowest BCUT2D eigenvalue weighted by atomic mass is 9.90. The molecule has 1 N–H and O–H groups in total. The van der Waals surface area contributed by atoms with Gasteiger partial charge in [0.2, 0.25) is 0 Å². The number of fused-ring (bicyclic) bond motifs is 1. The first-order valence-electron chi connectivity index (χ1n) is 9.16. The van der Waals surface area contributed by atoms with Gasteiger partial charge in [-0.2, -0.15) is 5.10 Å². The predicted octanol–water partition coefficient (Wildman–Crippen LogP) is 4.01. The van der Waals surface area contributed by atoms with Crippen molar-refractivity contribution in [3.05, 3.63) is 65.6 Å². The molecule has 0 amide bonds. The van der Waals surface area contributed by atoms with Crippen LogP contribution in [0.3, 0.4) is 0 Å². The van der Waals surface area contributed by atoms with Crippen LogP contribution in [0.5, 0.6) is 0 Å². The molecule has 26 heavy (non-hydrogen) atoms. The van der Waals surface area contributed by atoms with E-state index in [9.17, 15) is 4.39 Å². The summed E-state index contributed by atoms with van der Waals surface area (Å²) in [6, 6.07) is 13.2. The topological polar surface area (TPSA) is 31.9 Å². The highest BCUT2D eigenvalue weighted by Crippen LogP contribution is 2.22. The zero-order chi connectivity index (χ0) is 17.8. The van der Waals surface area contributed by atoms with Gasteiger partial charge < -0.3 is 0 Å². The van der Waals surface area contributed by atoms with E-state index >= 15 is 0 Å². The Bertz CT molecular complexity index is 942. The zero-order valence-corrected chi connectivity index (χ0v) is 14.7. The molecular formula is C22H22FN3. The summed E-state index contributed by atoms with van der Waals surface area (Å²) in [5.74, 6) is 7.03. The van der Waals surface area contributed by atoms with Crippen molar-refractivity contribution in [2.24, 2.45) is 5.92 Å². The Kier molecular flexibility index (Phi) is 4.99. The lowest BCUT2D eigenvalue weighted by Gasteiger charge is -2.30. The van der Waals surface area contributed by atoms with E-state index in [1.807, 2.05) is 30.5 Å². The summed E-state index contributed by atoms with van der Waals surface area (Å²) in [6.45, 7) is 2.86. The molecular weight excluding hydrogens is 325 g/mol. The molecule has 1 aromatic heterocycles. The smallest absolute Gasteiger partial charge is 0.126 e. The number of aromatic amines is 1. The summed E-state index contributed by atoms with van der Waals surface area (Å²) in [5.41, 5.74) is 2.90. The van der Waals surface area contributed by atoms with Gasteiger partial charge in [0, 0.05) is 10.9 Å². The quantitative estimate of drug-likeness (QED) is 0.726. The monoisotopic (exact) mass is 347 g/mol. The highest BCUT2D eigenvalue weighted by atomic mass is 19.1. The summed E-state index contributed by atoms with van der Waals surface area (Å²) >= 11 is 0. The first-order valence-corrected chi connectivity index (χ1v) is 9.16. The summed E-state index contributed by atoms with van der Waals surface area (Å²) in [5, 5.41) is 8.07. The van der Waals surface area contributed by atoms with E-state index in [2.05, 4.69) is 33.0 Å². The van der Waals surface area contributed by atoms with Crippen molar-refractivity contribution in [1.29, 1.82) is 0 Å². The SMILES string of the molecule is Fc1ccccc1CC1CCN(CC#Cc2ccc3[nH]ncc3c2)CC1. The van der Waals surface area contributed by atoms with Crippen molar-refractivity contribution in [2.45, 2.75) is 19.3 Å². The van der Waals surface area contributed by atoms with Crippen LogP contribution in [0.15, 0.2) is 48.7 Å². The Hall–Kier alpha value is -2.64. The van der Waals surface area contributed by atoms with Crippen LogP contribution in [0.4, 0.5) is 4.39 Å². The van der Waals surface area contributed by atoms with Crippen LogP contribution in [0.2, 0.25) is 0 Å². The molecule has 0 unspecified atom stereocenters. The molecule has 0 atom stereocenters. The lowest BCUT2D eigenvalue weighted by molar-refractivity contribution is 0.202. The third kappa shape index (κ3) is 3.95. The molecule has 1 saturated heterocycles. The molecule has 4 heteroatoms. The normalized spacial score (nSPS) is 15.7. The standard InChI is InChI=1S/C22H22FN3/c23-21-6-2-1-5-19(21)14-18-9-12-26(13-10-18)11-3-4-17-7-8-22-20(15-17)16-24-25-22/h1-2,5-8,15-16,18H,9-14H2,(H,24,25). The lowest BCUT2D eigenvalue weighted by Crippen LogP contribution is -2.34. The summed E-state index contributed by atoms with van der Waals surface area (Å²) in [6.07, 6.45) is 4.88. The average molecular weight is 347 g/mol. The maximum atomic E-state index is 13.8. The fourth-order valence-corrected chi connectivity index (χ4v) is 3.60. The predicted molar refractivity (Wildman–Crippen MR) is 102 cm³/mol. The maximum absolute atomic E-state index is 13.8. The highest BCUT2D eigenvalue weighted by Gasteiger charge is 2.19. The highest BCUT2D eigenvalue weighted by molar-refractivity contribution is 5.79. The molecule has 1 fully saturated rings. The fraction of sp³-hybridized carbons (Fsp3) is 0.318. The second-order valence-electron chi connectivity index (χ2n) is 6.99. The molecule has 132 valence electrons. The van der Waals surface area contributed by atoms with Crippen molar-refractivity contribution in [3.8, 4) is 11.8 Å². The Balaban J connectivity index is 1.28. The van der Waals surface area contributed by atoms with E-state index in [0.717, 1.165) is 60.9 Å². The van der Waals surface area contributed by atoms with Gasteiger partial charge in [0.1, 0.15) is 5.82 Å². The molecule has 0 saturated carbocycles. The van der Waals surface area contributed by atoms with Gasteiger partial charge in [0.25, 0.3) is 0 Å². The molecule has 1 aliphatic heterocycles. The van der Waals surface area contributed by atoms with Gasteiger partial charge in [-0.15, -0.1) is 0 Å². The van der Waals surface area contributed by atoms with Gasteiger partial charge in [-0.1, -0.05) is 30.0 Å². The molecule has 0 radical (unpaired) electrons. The van der Waals surface area contributed by atoms with E-state index in [1.54, 1.807) is 12.1 Å². The fourth-order valence-electron chi connectivity index (χ4n) is 3.60. The number of hydrogen-bond acceptors (Lipinski definition) is 2. The zero-order valence-electron chi connectivity index (χ0n) is 14.7. The number of nitrogens with zero attached hydrogens (tertiary/aromatic N) is 2. The van der Waals surface area contributed by atoms with Crippen molar-refractivity contribution in [2.75, 3.05) is 19.6 Å². The molecule has 0 aliphatic carbocycles. The van der Waals surface area contributed by atoms with Gasteiger partial charge >= 0.3 is 0 Å². The Morgan fingerprint density at radius 1 is 1.15 bits per heavy atom. The van der Waals surface area contributed by atoms with Crippen molar-refractivity contribution >= 4 is 10.9 Å². The Labute approximate surface area is 153 Å². The van der Waals surface area contributed by atoms with Crippen molar-refractivity contribution < 1.29 is 4.39 Å². The molecule has 0 spiro atoms. The van der Waals surface area contributed by atoms with E-state index in [4.69, 9.17) is 0 Å². The number of hydrogen-bond donors (Lipinski definition) is 1. The maximum Gasteiger partial charge on any atom is 0.126 e. The molecule has 1 aliphatic rings. The number of halogens is 1. The number of H-pyrrole nitrogens is 1. The van der Waals surface area contributed by atoms with Crippen LogP contribution in [0, 0.1) is 23.6 Å². The first kappa shape index (κ1) is 16.8. The number of likely N-dealkylation sites (tertiary alicyclic amines) is 1. The van der Waals surface area contributed by atoms with Crippen LogP contribution in [-0.4, -0.2) is 34.7 Å². The number of nitrogens with one attached hydrogen (secondary N) is 1. The van der Waals surface area contributed by atoms with E-state index in [1.165, 1.54) is 0 Å². The van der Waals surface area contributed by atoms with E-state index in [0.29, 0.717) is 5.92 Å². The van der Waals surface area contributed by atoms with Crippen LogP contribution in [0.1, 0.15) is 24.0 Å². The summed E-state index contributed by atoms with van der Waals surface area (Å²) < 4.78 is 13.8. The Morgan fingerprint density at radius 2 is 2.00 bits per heavy atom. The number of piperidine rings is 1. The van der Waals surface area contributed by atoms with Crippen LogP contribution in [-0.2, 0) is 6.42 Å². The minimum Gasteiger partial charge on any atom is -0.292 e. The minimum absolute atomic E-state index is 0.0737. The summed E-state index contributed by atoms with van der Waals surface area (Å²) in [4.78, 5) is 2.39. The van der Waals surface area contributed by atoms with Gasteiger partial charge in [-0.05, 0) is 68.1 Å². The number of benzene rings is 2. The van der Waals surface area contributed by atoms with E-state index in [-0.39, 0.29) is 5.82 Å².